The lowest BCUT2D eigenvalue weighted by atomic mass is 10.0. The molecular formula is C23H28N6OSi. The number of nitrogens with two attached hydrogens (primary N) is 1. The summed E-state index contributed by atoms with van der Waals surface area (Å²) < 4.78 is 7.68. The third kappa shape index (κ3) is 4.81. The van der Waals surface area contributed by atoms with E-state index in [2.05, 4.69) is 39.9 Å². The molecule has 160 valence electrons. The first-order valence-corrected chi connectivity index (χ1v) is 14.1. The molecule has 3 aromatic heterocycles. The van der Waals surface area contributed by atoms with E-state index in [1.807, 2.05) is 43.5 Å². The highest BCUT2D eigenvalue weighted by atomic mass is 28.3. The molecule has 0 atom stereocenters. The SMILES string of the molecule is Cc1ccc(N)cc1-c1cc(-c2ccnc3c2cnn3COCC[Si](C)(C)C)cnn1. The molecule has 3 heterocycles. The first-order chi connectivity index (χ1) is 14.8. The Kier molecular flexibility index (Phi) is 5.84. The van der Waals surface area contributed by atoms with Gasteiger partial charge in [-0.3, -0.25) is 0 Å². The zero-order chi connectivity index (χ0) is 22.0. The number of hydrogen-bond donors (Lipinski definition) is 1. The second-order valence-electron chi connectivity index (χ2n) is 8.99. The molecule has 7 nitrogen and oxygen atoms in total. The molecular weight excluding hydrogens is 404 g/mol. The fourth-order valence-corrected chi connectivity index (χ4v) is 4.17. The number of ether oxygens (including phenoxy) is 1. The van der Waals surface area contributed by atoms with Crippen molar-refractivity contribution in [1.82, 2.24) is 25.0 Å². The molecule has 0 bridgehead atoms. The highest BCUT2D eigenvalue weighted by molar-refractivity contribution is 6.76. The second-order valence-corrected chi connectivity index (χ2v) is 14.6. The quantitative estimate of drug-likeness (QED) is 0.257. The number of nitrogen functional groups attached to an aromatic ring is 1. The molecule has 0 amide bonds. The van der Waals surface area contributed by atoms with Gasteiger partial charge in [0.15, 0.2) is 5.65 Å². The normalized spacial score (nSPS) is 11.9. The van der Waals surface area contributed by atoms with Crippen LogP contribution >= 0.6 is 0 Å². The van der Waals surface area contributed by atoms with Gasteiger partial charge in [0.25, 0.3) is 0 Å². The summed E-state index contributed by atoms with van der Waals surface area (Å²) in [4.78, 5) is 4.54. The first-order valence-electron chi connectivity index (χ1n) is 10.4. The summed E-state index contributed by atoms with van der Waals surface area (Å²) in [6, 6.07) is 11.0. The predicted molar refractivity (Wildman–Crippen MR) is 127 cm³/mol. The van der Waals surface area contributed by atoms with Gasteiger partial charge in [0.2, 0.25) is 0 Å². The van der Waals surface area contributed by atoms with Crippen LogP contribution in [0.15, 0.2) is 48.9 Å². The van der Waals surface area contributed by atoms with E-state index in [1.165, 1.54) is 0 Å². The maximum absolute atomic E-state index is 5.99. The van der Waals surface area contributed by atoms with Gasteiger partial charge >= 0.3 is 0 Å². The summed E-state index contributed by atoms with van der Waals surface area (Å²) in [6.07, 6.45) is 5.40. The first kappa shape index (κ1) is 21.1. The van der Waals surface area contributed by atoms with Crippen LogP contribution in [0.5, 0.6) is 0 Å². The summed E-state index contributed by atoms with van der Waals surface area (Å²) in [7, 11) is -1.12. The van der Waals surface area contributed by atoms with Crippen molar-refractivity contribution in [1.29, 1.82) is 0 Å². The van der Waals surface area contributed by atoms with Crippen LogP contribution in [0, 0.1) is 6.92 Å². The van der Waals surface area contributed by atoms with E-state index < -0.39 is 8.07 Å². The number of rotatable bonds is 7. The Hall–Kier alpha value is -3.10. The van der Waals surface area contributed by atoms with E-state index in [0.29, 0.717) is 12.4 Å². The van der Waals surface area contributed by atoms with Crippen molar-refractivity contribution in [2.75, 3.05) is 12.3 Å². The molecule has 0 spiro atoms. The van der Waals surface area contributed by atoms with Crippen molar-refractivity contribution in [2.45, 2.75) is 39.3 Å². The molecule has 0 radical (unpaired) electrons. The van der Waals surface area contributed by atoms with Crippen LogP contribution in [-0.2, 0) is 11.5 Å². The molecule has 4 aromatic rings. The smallest absolute Gasteiger partial charge is 0.160 e. The van der Waals surface area contributed by atoms with Crippen LogP contribution in [0.25, 0.3) is 33.4 Å². The Balaban J connectivity index is 1.63. The molecule has 0 aliphatic carbocycles. The summed E-state index contributed by atoms with van der Waals surface area (Å²) in [5.74, 6) is 0. The molecule has 0 aliphatic heterocycles. The highest BCUT2D eigenvalue weighted by Crippen LogP contribution is 2.30. The van der Waals surface area contributed by atoms with Crippen molar-refractivity contribution in [3.8, 4) is 22.4 Å². The standard InChI is InChI=1S/C23H28N6OSi/c1-16-5-6-18(24)12-20(16)22-11-17(13-26-28-22)19-7-8-25-23-21(19)14-27-29(23)15-30-9-10-31(2,3)4/h5-8,11-14H,9-10,15,24H2,1-4H3. The van der Waals surface area contributed by atoms with E-state index >= 15 is 0 Å². The third-order valence-corrected chi connectivity index (χ3v) is 6.96. The molecule has 0 unspecified atom stereocenters. The molecule has 0 saturated heterocycles. The van der Waals surface area contributed by atoms with Gasteiger partial charge < -0.3 is 10.5 Å². The van der Waals surface area contributed by atoms with Crippen molar-refractivity contribution in [2.24, 2.45) is 0 Å². The van der Waals surface area contributed by atoms with Gasteiger partial charge in [0.1, 0.15) is 6.73 Å². The van der Waals surface area contributed by atoms with Crippen LogP contribution < -0.4 is 5.73 Å². The molecule has 0 saturated carbocycles. The molecule has 0 fully saturated rings. The number of pyridine rings is 1. The third-order valence-electron chi connectivity index (χ3n) is 5.25. The van der Waals surface area contributed by atoms with Gasteiger partial charge in [-0.2, -0.15) is 15.3 Å². The van der Waals surface area contributed by atoms with E-state index in [0.717, 1.165) is 51.6 Å². The van der Waals surface area contributed by atoms with Crippen molar-refractivity contribution < 1.29 is 4.74 Å². The lowest BCUT2D eigenvalue weighted by Crippen LogP contribution is -2.22. The van der Waals surface area contributed by atoms with Crippen LogP contribution in [0.1, 0.15) is 5.56 Å². The number of benzene rings is 1. The van der Waals surface area contributed by atoms with Crippen LogP contribution in [0.3, 0.4) is 0 Å². The lowest BCUT2D eigenvalue weighted by molar-refractivity contribution is 0.0813. The Labute approximate surface area is 183 Å². The zero-order valence-corrected chi connectivity index (χ0v) is 19.5. The topological polar surface area (TPSA) is 91.7 Å². The Morgan fingerprint density at radius 1 is 1.06 bits per heavy atom. The monoisotopic (exact) mass is 432 g/mol. The Bertz CT molecular complexity index is 1210. The zero-order valence-electron chi connectivity index (χ0n) is 18.5. The minimum atomic E-state index is -1.12. The van der Waals surface area contributed by atoms with E-state index in [1.54, 1.807) is 17.1 Å². The molecule has 8 heteroatoms. The van der Waals surface area contributed by atoms with E-state index in [-0.39, 0.29) is 0 Å². The Morgan fingerprint density at radius 3 is 2.71 bits per heavy atom. The number of aryl methyl sites for hydroxylation is 1. The fourth-order valence-electron chi connectivity index (χ4n) is 3.41. The minimum absolute atomic E-state index is 0.396. The number of anilines is 1. The number of hydrogen-bond acceptors (Lipinski definition) is 6. The average molecular weight is 433 g/mol. The van der Waals surface area contributed by atoms with Gasteiger partial charge in [-0.05, 0) is 48.4 Å². The van der Waals surface area contributed by atoms with Gasteiger partial charge in [-0.1, -0.05) is 25.7 Å². The second kappa shape index (κ2) is 8.56. The Morgan fingerprint density at radius 2 is 1.90 bits per heavy atom. The summed E-state index contributed by atoms with van der Waals surface area (Å²) >= 11 is 0. The van der Waals surface area contributed by atoms with Crippen molar-refractivity contribution in [3.05, 3.63) is 54.5 Å². The van der Waals surface area contributed by atoms with Gasteiger partial charge in [0.05, 0.1) is 18.1 Å². The van der Waals surface area contributed by atoms with Crippen LogP contribution in [-0.4, -0.2) is 39.6 Å². The van der Waals surface area contributed by atoms with E-state index in [9.17, 15) is 0 Å². The molecule has 0 aliphatic rings. The molecule has 4 rings (SSSR count). The molecule has 2 N–H and O–H groups in total. The van der Waals surface area contributed by atoms with Gasteiger partial charge in [0, 0.05) is 43.1 Å². The maximum Gasteiger partial charge on any atom is 0.160 e. The summed E-state index contributed by atoms with van der Waals surface area (Å²) in [5.41, 5.74) is 12.3. The van der Waals surface area contributed by atoms with Crippen molar-refractivity contribution in [3.63, 3.8) is 0 Å². The minimum Gasteiger partial charge on any atom is -0.399 e. The van der Waals surface area contributed by atoms with Crippen LogP contribution in [0.4, 0.5) is 5.69 Å². The lowest BCUT2D eigenvalue weighted by Gasteiger charge is -2.15. The molecule has 31 heavy (non-hydrogen) atoms. The number of aromatic nitrogens is 5. The predicted octanol–water partition coefficient (Wildman–Crippen LogP) is 4.76. The van der Waals surface area contributed by atoms with Gasteiger partial charge in [-0.15, -0.1) is 0 Å². The molecule has 1 aromatic carbocycles. The highest BCUT2D eigenvalue weighted by Gasteiger charge is 2.14. The summed E-state index contributed by atoms with van der Waals surface area (Å²) in [6.45, 7) is 10.2. The van der Waals surface area contributed by atoms with E-state index in [4.69, 9.17) is 10.5 Å². The van der Waals surface area contributed by atoms with Crippen LogP contribution in [0.2, 0.25) is 25.7 Å². The number of nitrogens with zero attached hydrogens (tertiary/aromatic N) is 5. The number of fused-ring (bicyclic) bond motifs is 1. The maximum atomic E-state index is 5.99. The summed E-state index contributed by atoms with van der Waals surface area (Å²) in [5, 5.41) is 14.0. The van der Waals surface area contributed by atoms with Crippen molar-refractivity contribution >= 4 is 24.8 Å². The average Bonchev–Trinajstić information content (AvgIpc) is 3.15. The largest absolute Gasteiger partial charge is 0.399 e. The fraction of sp³-hybridized carbons (Fsp3) is 0.304. The van der Waals surface area contributed by atoms with Gasteiger partial charge in [-0.25, -0.2) is 9.67 Å².